The first-order chi connectivity index (χ1) is 7.29. The maximum absolute atomic E-state index is 10.3. The minimum Gasteiger partial charge on any atom is -0.393 e. The number of aliphatic hydroxyl groups excluding tert-OH is 1. The third kappa shape index (κ3) is 1.11. The summed E-state index contributed by atoms with van der Waals surface area (Å²) < 4.78 is 0. The van der Waals surface area contributed by atoms with Gasteiger partial charge in [-0.05, 0) is 60.2 Å². The zero-order chi connectivity index (χ0) is 11.8. The van der Waals surface area contributed by atoms with Crippen molar-refractivity contribution in [1.82, 2.24) is 0 Å². The predicted octanol–water partition coefficient (Wildman–Crippen LogP) is 3.61. The highest BCUT2D eigenvalue weighted by molar-refractivity contribution is 5.16. The van der Waals surface area contributed by atoms with Crippen molar-refractivity contribution in [2.24, 2.45) is 28.1 Å². The second kappa shape index (κ2) is 2.85. The first-order valence-corrected chi connectivity index (χ1v) is 6.97. The standard InChI is InChI=1S/C15H26O/c1-13(2)7-10-8-15(4)12(16)5-6-14(15,3)11(10)9-13/h10-12,16H,5-9H2,1-4H3/t10-,11-,12-,14-,15-/m0/s1. The van der Waals surface area contributed by atoms with Crippen molar-refractivity contribution in [2.75, 3.05) is 0 Å². The van der Waals surface area contributed by atoms with E-state index in [1.807, 2.05) is 0 Å². The van der Waals surface area contributed by atoms with Gasteiger partial charge in [0.1, 0.15) is 0 Å². The molecule has 1 nitrogen and oxygen atoms in total. The first kappa shape index (κ1) is 11.1. The average Bonchev–Trinajstić information content (AvgIpc) is 2.64. The van der Waals surface area contributed by atoms with Gasteiger partial charge in [0.15, 0.2) is 0 Å². The zero-order valence-corrected chi connectivity index (χ0v) is 11.2. The van der Waals surface area contributed by atoms with E-state index in [1.165, 1.54) is 25.7 Å². The fourth-order valence-electron chi connectivity index (χ4n) is 5.60. The first-order valence-electron chi connectivity index (χ1n) is 6.97. The van der Waals surface area contributed by atoms with Gasteiger partial charge in [0.25, 0.3) is 0 Å². The van der Waals surface area contributed by atoms with Crippen LogP contribution in [-0.2, 0) is 0 Å². The summed E-state index contributed by atoms with van der Waals surface area (Å²) in [7, 11) is 0. The van der Waals surface area contributed by atoms with Crippen LogP contribution in [0.5, 0.6) is 0 Å². The van der Waals surface area contributed by atoms with Crippen LogP contribution < -0.4 is 0 Å². The van der Waals surface area contributed by atoms with E-state index in [2.05, 4.69) is 27.7 Å². The van der Waals surface area contributed by atoms with Crippen LogP contribution in [0.3, 0.4) is 0 Å². The van der Waals surface area contributed by atoms with Gasteiger partial charge in [-0.3, -0.25) is 0 Å². The molecule has 1 heteroatoms. The van der Waals surface area contributed by atoms with Gasteiger partial charge in [-0.1, -0.05) is 27.7 Å². The Kier molecular flexibility index (Phi) is 1.98. The van der Waals surface area contributed by atoms with Gasteiger partial charge in [-0.15, -0.1) is 0 Å². The van der Waals surface area contributed by atoms with E-state index in [9.17, 15) is 5.11 Å². The molecule has 0 aromatic rings. The predicted molar refractivity (Wildman–Crippen MR) is 66.1 cm³/mol. The molecule has 0 bridgehead atoms. The summed E-state index contributed by atoms with van der Waals surface area (Å²) in [6.45, 7) is 9.68. The molecule has 5 atom stereocenters. The summed E-state index contributed by atoms with van der Waals surface area (Å²) in [6.07, 6.45) is 6.30. The SMILES string of the molecule is CC1(C)C[C@H]2C[C@@]3(C)[C@@H](O)CC[C@@]3(C)[C@H]2C1. The van der Waals surface area contributed by atoms with E-state index in [1.54, 1.807) is 0 Å². The molecular formula is C15H26O. The molecule has 0 amide bonds. The van der Waals surface area contributed by atoms with Gasteiger partial charge < -0.3 is 5.11 Å². The summed E-state index contributed by atoms with van der Waals surface area (Å²) in [5, 5.41) is 10.3. The Morgan fingerprint density at radius 3 is 2.31 bits per heavy atom. The minimum absolute atomic E-state index is 0.0359. The van der Waals surface area contributed by atoms with Crippen LogP contribution in [0.4, 0.5) is 0 Å². The number of fused-ring (bicyclic) bond motifs is 3. The maximum Gasteiger partial charge on any atom is 0.0599 e. The molecule has 3 saturated carbocycles. The quantitative estimate of drug-likeness (QED) is 0.664. The Morgan fingerprint density at radius 1 is 0.938 bits per heavy atom. The van der Waals surface area contributed by atoms with Crippen molar-refractivity contribution in [3.8, 4) is 0 Å². The van der Waals surface area contributed by atoms with E-state index in [0.29, 0.717) is 10.8 Å². The largest absolute Gasteiger partial charge is 0.393 e. The Bertz CT molecular complexity index is 321. The maximum atomic E-state index is 10.3. The molecule has 0 aliphatic heterocycles. The molecule has 0 spiro atoms. The van der Waals surface area contributed by atoms with Crippen LogP contribution in [0.15, 0.2) is 0 Å². The van der Waals surface area contributed by atoms with E-state index in [-0.39, 0.29) is 11.5 Å². The fraction of sp³-hybridized carbons (Fsp3) is 1.00. The Morgan fingerprint density at radius 2 is 1.62 bits per heavy atom. The van der Waals surface area contributed by atoms with Crippen LogP contribution in [0.25, 0.3) is 0 Å². The third-order valence-electron chi connectivity index (χ3n) is 6.64. The molecule has 0 heterocycles. The summed E-state index contributed by atoms with van der Waals surface area (Å²) in [6, 6.07) is 0. The second-order valence-corrected chi connectivity index (χ2v) is 8.03. The van der Waals surface area contributed by atoms with Crippen LogP contribution in [0.2, 0.25) is 0 Å². The van der Waals surface area contributed by atoms with E-state index in [4.69, 9.17) is 0 Å². The topological polar surface area (TPSA) is 20.2 Å². The van der Waals surface area contributed by atoms with Gasteiger partial charge in [-0.2, -0.15) is 0 Å². The summed E-state index contributed by atoms with van der Waals surface area (Å²) >= 11 is 0. The van der Waals surface area contributed by atoms with Gasteiger partial charge in [-0.25, -0.2) is 0 Å². The van der Waals surface area contributed by atoms with Crippen molar-refractivity contribution in [2.45, 2.75) is 65.9 Å². The molecule has 0 aromatic carbocycles. The van der Waals surface area contributed by atoms with Gasteiger partial charge >= 0.3 is 0 Å². The second-order valence-electron chi connectivity index (χ2n) is 8.03. The molecule has 1 N–H and O–H groups in total. The summed E-state index contributed by atoms with van der Waals surface area (Å²) in [5.74, 6) is 1.77. The Hall–Kier alpha value is -0.0400. The monoisotopic (exact) mass is 222 g/mol. The molecule has 3 fully saturated rings. The van der Waals surface area contributed by atoms with E-state index < -0.39 is 0 Å². The van der Waals surface area contributed by atoms with Gasteiger partial charge in [0, 0.05) is 0 Å². The Labute approximate surface area is 99.6 Å². The van der Waals surface area contributed by atoms with Gasteiger partial charge in [0.2, 0.25) is 0 Å². The molecular weight excluding hydrogens is 196 g/mol. The third-order valence-corrected chi connectivity index (χ3v) is 6.64. The minimum atomic E-state index is -0.0359. The van der Waals surface area contributed by atoms with E-state index in [0.717, 1.165) is 18.3 Å². The smallest absolute Gasteiger partial charge is 0.0599 e. The Balaban J connectivity index is 1.97. The lowest BCUT2D eigenvalue weighted by atomic mass is 9.64. The number of rotatable bonds is 0. The zero-order valence-electron chi connectivity index (χ0n) is 11.2. The molecule has 0 unspecified atom stereocenters. The number of hydrogen-bond acceptors (Lipinski definition) is 1. The van der Waals surface area contributed by atoms with Crippen LogP contribution >= 0.6 is 0 Å². The fourth-order valence-corrected chi connectivity index (χ4v) is 5.60. The van der Waals surface area contributed by atoms with Crippen LogP contribution in [0.1, 0.15) is 59.8 Å². The average molecular weight is 222 g/mol. The molecule has 3 aliphatic rings. The lowest BCUT2D eigenvalue weighted by Crippen LogP contribution is -2.38. The summed E-state index contributed by atoms with van der Waals surface area (Å²) in [5.41, 5.74) is 1.19. The highest BCUT2D eigenvalue weighted by Crippen LogP contribution is 2.72. The van der Waals surface area contributed by atoms with Crippen LogP contribution in [0, 0.1) is 28.1 Å². The normalized spacial score (nSPS) is 58.7. The molecule has 0 radical (unpaired) electrons. The molecule has 92 valence electrons. The lowest BCUT2D eigenvalue weighted by molar-refractivity contribution is -0.00100. The molecule has 3 aliphatic carbocycles. The van der Waals surface area contributed by atoms with E-state index >= 15 is 0 Å². The summed E-state index contributed by atoms with van der Waals surface area (Å²) in [4.78, 5) is 0. The lowest BCUT2D eigenvalue weighted by Gasteiger charge is -2.41. The highest BCUT2D eigenvalue weighted by Gasteiger charge is 2.66. The van der Waals surface area contributed by atoms with Crippen molar-refractivity contribution in [3.05, 3.63) is 0 Å². The molecule has 0 saturated heterocycles. The van der Waals surface area contributed by atoms with Crippen molar-refractivity contribution >= 4 is 0 Å². The number of aliphatic hydroxyl groups is 1. The molecule has 0 aromatic heterocycles. The number of hydrogen-bond donors (Lipinski definition) is 1. The van der Waals surface area contributed by atoms with Crippen LogP contribution in [-0.4, -0.2) is 11.2 Å². The highest BCUT2D eigenvalue weighted by atomic mass is 16.3. The molecule has 3 rings (SSSR count). The van der Waals surface area contributed by atoms with Gasteiger partial charge in [0.05, 0.1) is 6.10 Å². The molecule has 16 heavy (non-hydrogen) atoms. The van der Waals surface area contributed by atoms with Crippen molar-refractivity contribution in [3.63, 3.8) is 0 Å². The van der Waals surface area contributed by atoms with Crippen molar-refractivity contribution < 1.29 is 5.11 Å². The van der Waals surface area contributed by atoms with Crippen molar-refractivity contribution in [1.29, 1.82) is 0 Å².